The number of rotatable bonds is 4. The van der Waals surface area contributed by atoms with Gasteiger partial charge in [-0.1, -0.05) is 47.5 Å². The van der Waals surface area contributed by atoms with Gasteiger partial charge < -0.3 is 4.74 Å². The van der Waals surface area contributed by atoms with Crippen molar-refractivity contribution in [3.05, 3.63) is 79.8 Å². The summed E-state index contributed by atoms with van der Waals surface area (Å²) in [6.45, 7) is 0. The maximum atomic E-state index is 12.3. The van der Waals surface area contributed by atoms with Crippen molar-refractivity contribution in [1.82, 2.24) is 5.32 Å². The minimum atomic E-state index is -1.05. The number of methoxy groups -OCH3 is 1. The van der Waals surface area contributed by atoms with Crippen LogP contribution >= 0.6 is 23.2 Å². The third-order valence-electron chi connectivity index (χ3n) is 4.61. The Labute approximate surface area is 160 Å². The first-order chi connectivity index (χ1) is 12.4. The fourth-order valence-corrected chi connectivity index (χ4v) is 3.68. The first kappa shape index (κ1) is 18.6. The van der Waals surface area contributed by atoms with Crippen LogP contribution in [0.4, 0.5) is 0 Å². The standard InChI is InChI=1S/C18H16Cl2N2O4/c1-26-18(23)16-14(10-2-6-12(19)7-3-10)17(22(24)25)15(21-16)11-4-8-13(20)9-5-11/h2-9,14-17,21H,1H3/t14-,15-,16-,17+/m1/s1. The van der Waals surface area contributed by atoms with Crippen molar-refractivity contribution >= 4 is 29.2 Å². The molecule has 8 heteroatoms. The summed E-state index contributed by atoms with van der Waals surface area (Å²) in [5.74, 6) is -1.25. The fraction of sp³-hybridized carbons (Fsp3) is 0.278. The van der Waals surface area contributed by atoms with Crippen molar-refractivity contribution in [1.29, 1.82) is 0 Å². The van der Waals surface area contributed by atoms with Gasteiger partial charge in [0.05, 0.1) is 13.0 Å². The first-order valence-electron chi connectivity index (χ1n) is 7.90. The van der Waals surface area contributed by atoms with Crippen LogP contribution < -0.4 is 5.32 Å². The Kier molecular flexibility index (Phi) is 5.46. The number of halogens is 2. The molecule has 0 radical (unpaired) electrons. The molecular formula is C18H16Cl2N2O4. The van der Waals surface area contributed by atoms with E-state index in [0.717, 1.165) is 0 Å². The van der Waals surface area contributed by atoms with Crippen LogP contribution in [0, 0.1) is 10.1 Å². The lowest BCUT2D eigenvalue weighted by Crippen LogP contribution is -2.37. The lowest BCUT2D eigenvalue weighted by atomic mass is 9.85. The van der Waals surface area contributed by atoms with E-state index in [1.54, 1.807) is 48.5 Å². The second-order valence-corrected chi connectivity index (χ2v) is 6.92. The monoisotopic (exact) mass is 394 g/mol. The summed E-state index contributed by atoms with van der Waals surface area (Å²) in [6.07, 6.45) is 0. The van der Waals surface area contributed by atoms with Crippen molar-refractivity contribution in [2.75, 3.05) is 7.11 Å². The summed E-state index contributed by atoms with van der Waals surface area (Å²) in [5.41, 5.74) is 1.33. The summed E-state index contributed by atoms with van der Waals surface area (Å²) < 4.78 is 4.87. The molecule has 4 atom stereocenters. The maximum absolute atomic E-state index is 12.3. The molecule has 1 heterocycles. The molecule has 1 aliphatic heterocycles. The van der Waals surface area contributed by atoms with Crippen molar-refractivity contribution < 1.29 is 14.5 Å². The van der Waals surface area contributed by atoms with Crippen molar-refractivity contribution in [3.63, 3.8) is 0 Å². The largest absolute Gasteiger partial charge is 0.468 e. The van der Waals surface area contributed by atoms with Gasteiger partial charge in [0.25, 0.3) is 0 Å². The minimum absolute atomic E-state index is 0.353. The molecule has 0 unspecified atom stereocenters. The number of nitrogens with one attached hydrogen (secondary N) is 1. The maximum Gasteiger partial charge on any atom is 0.323 e. The van der Waals surface area contributed by atoms with Crippen LogP contribution in [0.1, 0.15) is 23.1 Å². The highest BCUT2D eigenvalue weighted by molar-refractivity contribution is 6.30. The Morgan fingerprint density at radius 1 is 1.04 bits per heavy atom. The molecule has 2 aromatic rings. The van der Waals surface area contributed by atoms with Crippen molar-refractivity contribution in [2.24, 2.45) is 0 Å². The molecule has 0 aliphatic carbocycles. The molecule has 136 valence electrons. The normalized spacial score (nSPS) is 25.0. The van der Waals surface area contributed by atoms with Gasteiger partial charge >= 0.3 is 5.97 Å². The quantitative estimate of drug-likeness (QED) is 0.486. The van der Waals surface area contributed by atoms with Gasteiger partial charge in [0, 0.05) is 15.0 Å². The molecule has 0 amide bonds. The summed E-state index contributed by atoms with van der Waals surface area (Å²) >= 11 is 11.8. The van der Waals surface area contributed by atoms with E-state index in [4.69, 9.17) is 27.9 Å². The molecule has 3 rings (SSSR count). The van der Waals surface area contributed by atoms with Gasteiger partial charge in [0.1, 0.15) is 12.1 Å². The third kappa shape index (κ3) is 3.53. The van der Waals surface area contributed by atoms with E-state index in [0.29, 0.717) is 21.2 Å². The molecule has 26 heavy (non-hydrogen) atoms. The van der Waals surface area contributed by atoms with Gasteiger partial charge in [-0.3, -0.25) is 20.2 Å². The van der Waals surface area contributed by atoms with Crippen molar-refractivity contribution in [2.45, 2.75) is 24.0 Å². The zero-order valence-corrected chi connectivity index (χ0v) is 15.3. The molecule has 6 nitrogen and oxygen atoms in total. The molecule has 0 saturated carbocycles. The van der Waals surface area contributed by atoms with Crippen LogP contribution in [0.3, 0.4) is 0 Å². The van der Waals surface area contributed by atoms with Gasteiger partial charge in [-0.2, -0.15) is 0 Å². The summed E-state index contributed by atoms with van der Waals surface area (Å²) in [7, 11) is 1.26. The van der Waals surface area contributed by atoms with Crippen LogP contribution in [0.25, 0.3) is 0 Å². The Bertz CT molecular complexity index is 811. The highest BCUT2D eigenvalue weighted by atomic mass is 35.5. The first-order valence-corrected chi connectivity index (χ1v) is 8.66. The molecule has 1 saturated heterocycles. The van der Waals surface area contributed by atoms with Gasteiger partial charge in [0.2, 0.25) is 6.04 Å². The van der Waals surface area contributed by atoms with E-state index >= 15 is 0 Å². The summed E-state index contributed by atoms with van der Waals surface area (Å²) in [5, 5.41) is 16.0. The Hall–Kier alpha value is -2.15. The average Bonchev–Trinajstić information content (AvgIpc) is 3.03. The molecule has 1 aliphatic rings. The smallest absolute Gasteiger partial charge is 0.323 e. The number of carbonyl (C=O) groups is 1. The van der Waals surface area contributed by atoms with Gasteiger partial charge in [-0.25, -0.2) is 0 Å². The number of benzene rings is 2. The zero-order chi connectivity index (χ0) is 18.8. The van der Waals surface area contributed by atoms with E-state index in [2.05, 4.69) is 5.32 Å². The summed E-state index contributed by atoms with van der Waals surface area (Å²) in [6, 6.07) is 10.9. The number of carbonyl (C=O) groups excluding carboxylic acids is 1. The second kappa shape index (κ2) is 7.61. The molecule has 1 N–H and O–H groups in total. The van der Waals surface area contributed by atoms with Crippen LogP contribution in [0.2, 0.25) is 10.0 Å². The number of nitro groups is 1. The number of hydrogen-bond donors (Lipinski definition) is 1. The molecule has 0 spiro atoms. The van der Waals surface area contributed by atoms with Crippen molar-refractivity contribution in [3.8, 4) is 0 Å². The Morgan fingerprint density at radius 2 is 1.54 bits per heavy atom. The number of ether oxygens (including phenoxy) is 1. The SMILES string of the molecule is COC(=O)[C@@H]1N[C@H](c2ccc(Cl)cc2)[C@@H]([N+](=O)[O-])[C@@H]1c1ccc(Cl)cc1. The predicted octanol–water partition coefficient (Wildman–Crippen LogP) is 3.61. The van der Waals surface area contributed by atoms with E-state index in [-0.39, 0.29) is 4.92 Å². The van der Waals surface area contributed by atoms with Crippen LogP contribution in [0.5, 0.6) is 0 Å². The molecule has 2 aromatic carbocycles. The highest BCUT2D eigenvalue weighted by Crippen LogP contribution is 2.41. The number of esters is 1. The highest BCUT2D eigenvalue weighted by Gasteiger charge is 2.54. The molecule has 0 bridgehead atoms. The Morgan fingerprint density at radius 3 is 2.00 bits per heavy atom. The minimum Gasteiger partial charge on any atom is -0.468 e. The van der Waals surface area contributed by atoms with Crippen LogP contribution in [-0.2, 0) is 9.53 Å². The molecule has 1 fully saturated rings. The molecule has 0 aromatic heterocycles. The average molecular weight is 395 g/mol. The van der Waals surface area contributed by atoms with Gasteiger partial charge in [-0.15, -0.1) is 0 Å². The Balaban J connectivity index is 2.07. The van der Waals surface area contributed by atoms with E-state index < -0.39 is 30.0 Å². The van der Waals surface area contributed by atoms with Crippen LogP contribution in [-0.4, -0.2) is 30.1 Å². The van der Waals surface area contributed by atoms with E-state index in [1.165, 1.54) is 7.11 Å². The fourth-order valence-electron chi connectivity index (χ4n) is 3.43. The van der Waals surface area contributed by atoms with Gasteiger partial charge in [-0.05, 0) is 35.4 Å². The lowest BCUT2D eigenvalue weighted by molar-refractivity contribution is -0.527. The number of hydrogen-bond acceptors (Lipinski definition) is 5. The predicted molar refractivity (Wildman–Crippen MR) is 98.1 cm³/mol. The third-order valence-corrected chi connectivity index (χ3v) is 5.11. The lowest BCUT2D eigenvalue weighted by Gasteiger charge is -2.19. The number of nitrogens with zero attached hydrogens (tertiary/aromatic N) is 1. The second-order valence-electron chi connectivity index (χ2n) is 6.05. The molecular weight excluding hydrogens is 379 g/mol. The van der Waals surface area contributed by atoms with Gasteiger partial charge in [0.15, 0.2) is 0 Å². The van der Waals surface area contributed by atoms with E-state index in [1.807, 2.05) is 0 Å². The topological polar surface area (TPSA) is 81.5 Å². The zero-order valence-electron chi connectivity index (χ0n) is 13.8. The van der Waals surface area contributed by atoms with Crippen LogP contribution in [0.15, 0.2) is 48.5 Å². The van der Waals surface area contributed by atoms with E-state index in [9.17, 15) is 14.9 Å². The summed E-state index contributed by atoms with van der Waals surface area (Å²) in [4.78, 5) is 23.9.